The molecule has 0 heterocycles. The monoisotopic (exact) mass is 711 g/mol. The van der Waals surface area contributed by atoms with E-state index in [9.17, 15) is 9.90 Å². The number of hydrogen-bond acceptors (Lipinski definition) is 4. The second kappa shape index (κ2) is 19.9. The summed E-state index contributed by atoms with van der Waals surface area (Å²) < 4.78 is 11.6. The molecule has 1 fully saturated rings. The van der Waals surface area contributed by atoms with Crippen LogP contribution in [0.5, 0.6) is 0 Å². The standard InChI is InChI=1S/C48H70O4/c1-9-12-22-39(11-3)33-52-34-44(49)29-43-32-47(43,46(50)51-8)31-37(6)48(41-25-18-14-19-26-41,42-27-20-15-21-28-42)30-36(5)45(38(7)35(4)10-2)40-23-16-13-17-24-40/h13-21,23-28,35-39,43-45,49H,9-12,22,29-34H2,1-8H3. The molecule has 1 N–H and O–H groups in total. The van der Waals surface area contributed by atoms with Crippen molar-refractivity contribution in [1.29, 1.82) is 0 Å². The molecule has 0 aromatic heterocycles. The number of unbranched alkanes of at least 4 members (excludes halogenated alkanes) is 1. The summed E-state index contributed by atoms with van der Waals surface area (Å²) in [5.74, 6) is 2.37. The Hall–Kier alpha value is -2.95. The molecule has 9 atom stereocenters. The van der Waals surface area contributed by atoms with Gasteiger partial charge < -0.3 is 14.6 Å². The molecule has 3 aromatic rings. The zero-order chi connectivity index (χ0) is 37.7. The highest BCUT2D eigenvalue weighted by atomic mass is 16.5. The van der Waals surface area contributed by atoms with E-state index >= 15 is 0 Å². The van der Waals surface area contributed by atoms with Crippen molar-refractivity contribution in [2.45, 2.75) is 124 Å². The third-order valence-corrected chi connectivity index (χ3v) is 13.2. The highest BCUT2D eigenvalue weighted by Gasteiger charge is 2.62. The van der Waals surface area contributed by atoms with Gasteiger partial charge in [-0.25, -0.2) is 0 Å². The van der Waals surface area contributed by atoms with Gasteiger partial charge in [-0.15, -0.1) is 0 Å². The molecule has 0 aliphatic heterocycles. The molecule has 1 aliphatic carbocycles. The summed E-state index contributed by atoms with van der Waals surface area (Å²) in [7, 11) is 1.52. The normalized spacial score (nSPS) is 21.4. The molecule has 1 saturated carbocycles. The van der Waals surface area contributed by atoms with Gasteiger partial charge in [0.05, 0.1) is 25.2 Å². The molecule has 3 aromatic carbocycles. The minimum atomic E-state index is -0.622. The quantitative estimate of drug-likeness (QED) is 0.0996. The van der Waals surface area contributed by atoms with Crippen molar-refractivity contribution in [2.24, 2.45) is 40.9 Å². The fraction of sp³-hybridized carbons (Fsp3) is 0.604. The maximum Gasteiger partial charge on any atom is 0.312 e. The Bertz CT molecular complexity index is 1400. The lowest BCUT2D eigenvalue weighted by Gasteiger charge is -2.46. The van der Waals surface area contributed by atoms with Gasteiger partial charge >= 0.3 is 5.97 Å². The largest absolute Gasteiger partial charge is 0.469 e. The van der Waals surface area contributed by atoms with Gasteiger partial charge in [0.2, 0.25) is 0 Å². The third-order valence-electron chi connectivity index (χ3n) is 13.2. The number of ether oxygens (including phenoxy) is 2. The van der Waals surface area contributed by atoms with Crippen LogP contribution in [0.15, 0.2) is 91.0 Å². The summed E-state index contributed by atoms with van der Waals surface area (Å²) in [6.45, 7) is 17.4. The topological polar surface area (TPSA) is 55.8 Å². The summed E-state index contributed by atoms with van der Waals surface area (Å²) in [6.07, 6.45) is 8.13. The van der Waals surface area contributed by atoms with Crippen LogP contribution >= 0.6 is 0 Å². The maximum atomic E-state index is 13.8. The van der Waals surface area contributed by atoms with Crippen molar-refractivity contribution in [3.05, 3.63) is 108 Å². The summed E-state index contributed by atoms with van der Waals surface area (Å²) in [4.78, 5) is 13.8. The first-order valence-corrected chi connectivity index (χ1v) is 20.6. The van der Waals surface area contributed by atoms with Crippen LogP contribution in [-0.4, -0.2) is 37.5 Å². The van der Waals surface area contributed by atoms with Gasteiger partial charge in [0.25, 0.3) is 0 Å². The lowest BCUT2D eigenvalue weighted by molar-refractivity contribution is -0.149. The first-order valence-electron chi connectivity index (χ1n) is 20.6. The zero-order valence-electron chi connectivity index (χ0n) is 33.7. The predicted octanol–water partition coefficient (Wildman–Crippen LogP) is 11.7. The SMILES string of the molecule is CCCCC(CC)COCC(O)CC1CC1(CC(C)C(CC(C)C(c1ccccc1)C(C)C(C)CC)(c1ccccc1)c1ccccc1)C(=O)OC. The summed E-state index contributed by atoms with van der Waals surface area (Å²) in [5.41, 5.74) is 3.02. The second-order valence-corrected chi connectivity index (χ2v) is 16.6. The lowest BCUT2D eigenvalue weighted by Crippen LogP contribution is -2.41. The van der Waals surface area contributed by atoms with E-state index in [0.717, 1.165) is 25.7 Å². The number of esters is 1. The van der Waals surface area contributed by atoms with E-state index in [2.05, 4.69) is 139 Å². The van der Waals surface area contributed by atoms with E-state index in [1.807, 2.05) is 0 Å². The molecule has 9 unspecified atom stereocenters. The minimum Gasteiger partial charge on any atom is -0.469 e. The Morgan fingerprint density at radius 1 is 0.827 bits per heavy atom. The van der Waals surface area contributed by atoms with Crippen LogP contribution in [0.2, 0.25) is 0 Å². The summed E-state index contributed by atoms with van der Waals surface area (Å²) in [5, 5.41) is 11.2. The Balaban J connectivity index is 1.68. The number of aliphatic hydroxyl groups is 1. The van der Waals surface area contributed by atoms with Crippen LogP contribution < -0.4 is 0 Å². The first kappa shape index (κ1) is 41.8. The highest BCUT2D eigenvalue weighted by molar-refractivity contribution is 5.80. The van der Waals surface area contributed by atoms with Gasteiger partial charge in [-0.2, -0.15) is 0 Å². The molecular formula is C48H70O4. The molecule has 0 amide bonds. The van der Waals surface area contributed by atoms with Crippen LogP contribution in [0, 0.1) is 40.9 Å². The molecular weight excluding hydrogens is 641 g/mol. The van der Waals surface area contributed by atoms with Gasteiger partial charge in [-0.3, -0.25) is 4.79 Å². The molecule has 4 heteroatoms. The molecule has 0 bridgehead atoms. The average molecular weight is 711 g/mol. The molecule has 4 rings (SSSR count). The number of benzene rings is 3. The number of rotatable bonds is 23. The zero-order valence-corrected chi connectivity index (χ0v) is 33.7. The molecule has 52 heavy (non-hydrogen) atoms. The van der Waals surface area contributed by atoms with Gasteiger partial charge in [0.15, 0.2) is 0 Å². The van der Waals surface area contributed by atoms with E-state index in [4.69, 9.17) is 9.47 Å². The molecule has 4 nitrogen and oxygen atoms in total. The van der Waals surface area contributed by atoms with E-state index in [0.29, 0.717) is 55.6 Å². The van der Waals surface area contributed by atoms with Crippen molar-refractivity contribution in [1.82, 2.24) is 0 Å². The summed E-state index contributed by atoms with van der Waals surface area (Å²) in [6, 6.07) is 33.2. The predicted molar refractivity (Wildman–Crippen MR) is 216 cm³/mol. The van der Waals surface area contributed by atoms with Gasteiger partial charge in [0, 0.05) is 12.0 Å². The average Bonchev–Trinajstić information content (AvgIpc) is 3.87. The summed E-state index contributed by atoms with van der Waals surface area (Å²) >= 11 is 0. The van der Waals surface area contributed by atoms with Gasteiger partial charge in [0.1, 0.15) is 0 Å². The number of hydrogen-bond donors (Lipinski definition) is 1. The van der Waals surface area contributed by atoms with E-state index in [1.165, 1.54) is 43.1 Å². The molecule has 1 aliphatic rings. The Labute approximate surface area is 317 Å². The van der Waals surface area contributed by atoms with Crippen molar-refractivity contribution < 1.29 is 19.4 Å². The van der Waals surface area contributed by atoms with Crippen molar-refractivity contribution in [3.63, 3.8) is 0 Å². The smallest absolute Gasteiger partial charge is 0.312 e. The number of methoxy groups -OCH3 is 1. The molecule has 286 valence electrons. The lowest BCUT2D eigenvalue weighted by atomic mass is 9.57. The number of carbonyl (C=O) groups is 1. The maximum absolute atomic E-state index is 13.8. The molecule has 0 spiro atoms. The second-order valence-electron chi connectivity index (χ2n) is 16.6. The van der Waals surface area contributed by atoms with Crippen LogP contribution in [0.1, 0.15) is 129 Å². The fourth-order valence-corrected chi connectivity index (χ4v) is 9.69. The number of carbonyl (C=O) groups excluding carboxylic acids is 1. The number of aliphatic hydroxyl groups excluding tert-OH is 1. The van der Waals surface area contributed by atoms with Crippen molar-refractivity contribution >= 4 is 5.97 Å². The first-order chi connectivity index (χ1) is 25.1. The van der Waals surface area contributed by atoms with Crippen LogP contribution in [0.4, 0.5) is 0 Å². The van der Waals surface area contributed by atoms with E-state index < -0.39 is 11.5 Å². The van der Waals surface area contributed by atoms with Crippen molar-refractivity contribution in [3.8, 4) is 0 Å². The highest BCUT2D eigenvalue weighted by Crippen LogP contribution is 2.62. The molecule has 0 saturated heterocycles. The fourth-order valence-electron chi connectivity index (χ4n) is 9.69. The Morgan fingerprint density at radius 3 is 1.92 bits per heavy atom. The van der Waals surface area contributed by atoms with Crippen molar-refractivity contribution in [2.75, 3.05) is 20.3 Å². The van der Waals surface area contributed by atoms with E-state index in [-0.39, 0.29) is 23.2 Å². The Morgan fingerprint density at radius 2 is 1.40 bits per heavy atom. The van der Waals surface area contributed by atoms with Gasteiger partial charge in [-0.05, 0) is 90.2 Å². The Kier molecular flexibility index (Phi) is 16.0. The van der Waals surface area contributed by atoms with Crippen LogP contribution in [0.25, 0.3) is 0 Å². The van der Waals surface area contributed by atoms with Gasteiger partial charge in [-0.1, -0.05) is 165 Å². The molecule has 0 radical (unpaired) electrons. The third kappa shape index (κ3) is 9.97. The minimum absolute atomic E-state index is 0.0622. The van der Waals surface area contributed by atoms with Crippen LogP contribution in [0.3, 0.4) is 0 Å². The van der Waals surface area contributed by atoms with Crippen LogP contribution in [-0.2, 0) is 19.7 Å². The van der Waals surface area contributed by atoms with E-state index in [1.54, 1.807) is 0 Å².